The first-order valence-corrected chi connectivity index (χ1v) is 9.93. The highest BCUT2D eigenvalue weighted by Gasteiger charge is 2.56. The Morgan fingerprint density at radius 1 is 1.24 bits per heavy atom. The van der Waals surface area contributed by atoms with Crippen LogP contribution in [0.3, 0.4) is 0 Å². The van der Waals surface area contributed by atoms with E-state index in [0.717, 1.165) is 55.9 Å². The smallest absolute Gasteiger partial charge is 0.223 e. The zero-order valence-corrected chi connectivity index (χ0v) is 15.5. The van der Waals surface area contributed by atoms with Gasteiger partial charge in [-0.05, 0) is 56.0 Å². The predicted molar refractivity (Wildman–Crippen MR) is 93.9 cm³/mol. The molecule has 1 aliphatic carbocycles. The number of aryl methyl sites for hydroxylation is 1. The summed E-state index contributed by atoms with van der Waals surface area (Å²) in [5, 5.41) is 4.03. The molecule has 2 saturated heterocycles. The Morgan fingerprint density at radius 2 is 1.96 bits per heavy atom. The summed E-state index contributed by atoms with van der Waals surface area (Å²) < 4.78 is 5.07. The highest BCUT2D eigenvalue weighted by molar-refractivity contribution is 5.76. The third-order valence-electron chi connectivity index (χ3n) is 6.40. The van der Waals surface area contributed by atoms with Gasteiger partial charge in [0.25, 0.3) is 0 Å². The summed E-state index contributed by atoms with van der Waals surface area (Å²) in [6, 6.07) is 0. The highest BCUT2D eigenvalue weighted by atomic mass is 16.5. The normalized spacial score (nSPS) is 29.8. The largest absolute Gasteiger partial charge is 0.342 e. The van der Waals surface area contributed by atoms with Gasteiger partial charge in [0.15, 0.2) is 5.82 Å². The second kappa shape index (κ2) is 7.06. The molecule has 1 aromatic rings. The molecule has 2 aliphatic heterocycles. The Morgan fingerprint density at radius 3 is 2.56 bits per heavy atom. The van der Waals surface area contributed by atoms with E-state index in [2.05, 4.69) is 26.9 Å². The van der Waals surface area contributed by atoms with Crippen molar-refractivity contribution in [3.8, 4) is 0 Å². The van der Waals surface area contributed by atoms with Crippen molar-refractivity contribution in [2.24, 2.45) is 23.7 Å². The van der Waals surface area contributed by atoms with E-state index in [1.165, 1.54) is 32.5 Å². The Hall–Kier alpha value is -1.43. The van der Waals surface area contributed by atoms with Gasteiger partial charge in [-0.2, -0.15) is 4.98 Å². The van der Waals surface area contributed by atoms with Crippen LogP contribution in [0.1, 0.15) is 44.3 Å². The van der Waals surface area contributed by atoms with Gasteiger partial charge in [-0.3, -0.25) is 4.79 Å². The molecule has 1 unspecified atom stereocenters. The van der Waals surface area contributed by atoms with Gasteiger partial charge in [-0.1, -0.05) is 12.1 Å². The average Bonchev–Trinajstić information content (AvgIpc) is 2.94. The zero-order chi connectivity index (χ0) is 17.4. The Bertz CT molecular complexity index is 596. The number of carbonyl (C=O) groups is 1. The van der Waals surface area contributed by atoms with Crippen LogP contribution in [0.5, 0.6) is 0 Å². The number of aromatic nitrogens is 2. The van der Waals surface area contributed by atoms with Crippen molar-refractivity contribution >= 4 is 5.91 Å². The lowest BCUT2D eigenvalue weighted by molar-refractivity contribution is -0.130. The third kappa shape index (κ3) is 3.73. The van der Waals surface area contributed by atoms with E-state index >= 15 is 0 Å². The Labute approximate surface area is 149 Å². The summed E-state index contributed by atoms with van der Waals surface area (Å²) in [5.41, 5.74) is 0. The molecule has 0 radical (unpaired) electrons. The van der Waals surface area contributed by atoms with Crippen LogP contribution in [-0.4, -0.2) is 58.6 Å². The van der Waals surface area contributed by atoms with E-state index < -0.39 is 0 Å². The van der Waals surface area contributed by atoms with Crippen LogP contribution >= 0.6 is 0 Å². The summed E-state index contributed by atoms with van der Waals surface area (Å²) in [7, 11) is 0. The van der Waals surface area contributed by atoms with Crippen molar-refractivity contribution in [3.05, 3.63) is 11.7 Å². The fraction of sp³-hybridized carbons (Fsp3) is 0.842. The van der Waals surface area contributed by atoms with Crippen LogP contribution in [0.4, 0.5) is 0 Å². The molecule has 25 heavy (non-hydrogen) atoms. The minimum atomic E-state index is 0.367. The number of rotatable bonds is 6. The first kappa shape index (κ1) is 17.0. The molecular weight excluding hydrogens is 316 g/mol. The van der Waals surface area contributed by atoms with Crippen molar-refractivity contribution in [1.29, 1.82) is 0 Å². The molecule has 0 aromatic carbocycles. The molecule has 1 amide bonds. The van der Waals surface area contributed by atoms with E-state index in [1.807, 2.05) is 6.92 Å². The monoisotopic (exact) mass is 346 g/mol. The van der Waals surface area contributed by atoms with Crippen LogP contribution in [0.2, 0.25) is 0 Å². The third-order valence-corrected chi connectivity index (χ3v) is 6.40. The van der Waals surface area contributed by atoms with Gasteiger partial charge < -0.3 is 14.3 Å². The van der Waals surface area contributed by atoms with Gasteiger partial charge in [-0.25, -0.2) is 0 Å². The summed E-state index contributed by atoms with van der Waals surface area (Å²) in [6.07, 6.45) is 5.10. The molecule has 0 N–H and O–H groups in total. The van der Waals surface area contributed by atoms with Crippen molar-refractivity contribution < 1.29 is 9.32 Å². The van der Waals surface area contributed by atoms with Crippen LogP contribution in [0, 0.1) is 30.6 Å². The Kier molecular flexibility index (Phi) is 4.80. The molecule has 1 aromatic heterocycles. The van der Waals surface area contributed by atoms with E-state index in [9.17, 15) is 4.79 Å². The first-order chi connectivity index (χ1) is 12.1. The van der Waals surface area contributed by atoms with Crippen molar-refractivity contribution in [3.63, 3.8) is 0 Å². The molecule has 3 aliphatic rings. The quantitative estimate of drug-likeness (QED) is 0.790. The molecular formula is C19H30N4O2. The van der Waals surface area contributed by atoms with Gasteiger partial charge in [0.05, 0.1) is 0 Å². The van der Waals surface area contributed by atoms with Gasteiger partial charge >= 0.3 is 0 Å². The van der Waals surface area contributed by atoms with Gasteiger partial charge in [0.1, 0.15) is 0 Å². The van der Waals surface area contributed by atoms with E-state index in [-0.39, 0.29) is 0 Å². The van der Waals surface area contributed by atoms with Crippen molar-refractivity contribution in [1.82, 2.24) is 19.9 Å². The molecule has 0 spiro atoms. The standard InChI is InChI=1S/C19H30N4O2/c1-3-4-19(24)23-11-16-15(17(16)12-23)10-22-7-5-14(6-8-22)9-18-20-13(2)25-21-18/h14-17H,3-12H2,1-2H3/t15?,16-,17+. The van der Waals surface area contributed by atoms with E-state index in [1.54, 1.807) is 0 Å². The summed E-state index contributed by atoms with van der Waals surface area (Å²) in [6.45, 7) is 9.58. The van der Waals surface area contributed by atoms with Crippen molar-refractivity contribution in [2.45, 2.75) is 46.0 Å². The number of hydrogen-bond donors (Lipinski definition) is 0. The fourth-order valence-electron chi connectivity index (χ4n) is 4.85. The highest BCUT2D eigenvalue weighted by Crippen LogP contribution is 2.52. The summed E-state index contributed by atoms with van der Waals surface area (Å²) in [5.74, 6) is 4.98. The molecule has 3 atom stereocenters. The molecule has 138 valence electrons. The number of fused-ring (bicyclic) bond motifs is 1. The number of likely N-dealkylation sites (tertiary alicyclic amines) is 2. The predicted octanol–water partition coefficient (Wildman–Crippen LogP) is 2.14. The van der Waals surface area contributed by atoms with Gasteiger partial charge in [-0.15, -0.1) is 0 Å². The maximum atomic E-state index is 12.0. The topological polar surface area (TPSA) is 62.5 Å². The molecule has 3 fully saturated rings. The van der Waals surface area contributed by atoms with E-state index in [0.29, 0.717) is 17.7 Å². The Balaban J connectivity index is 1.17. The summed E-state index contributed by atoms with van der Waals surface area (Å²) in [4.78, 5) is 21.1. The lowest BCUT2D eigenvalue weighted by Gasteiger charge is -2.32. The van der Waals surface area contributed by atoms with Crippen LogP contribution in [-0.2, 0) is 11.2 Å². The number of amides is 1. The van der Waals surface area contributed by atoms with E-state index in [4.69, 9.17) is 4.52 Å². The minimum Gasteiger partial charge on any atom is -0.342 e. The number of nitrogens with zero attached hydrogens (tertiary/aromatic N) is 4. The average molecular weight is 346 g/mol. The maximum absolute atomic E-state index is 12.0. The van der Waals surface area contributed by atoms with Gasteiger partial charge in [0.2, 0.25) is 11.8 Å². The number of piperidine rings is 2. The molecule has 6 nitrogen and oxygen atoms in total. The minimum absolute atomic E-state index is 0.367. The van der Waals surface area contributed by atoms with Crippen LogP contribution < -0.4 is 0 Å². The lowest BCUT2D eigenvalue weighted by Crippen LogP contribution is -2.38. The fourth-order valence-corrected chi connectivity index (χ4v) is 4.85. The van der Waals surface area contributed by atoms with Crippen LogP contribution in [0.15, 0.2) is 4.52 Å². The first-order valence-electron chi connectivity index (χ1n) is 9.93. The SMILES string of the molecule is CCCC(=O)N1C[C@@H]2C(CN3CCC(Cc4noc(C)n4)CC3)[C@@H]2C1. The van der Waals surface area contributed by atoms with Crippen LogP contribution in [0.25, 0.3) is 0 Å². The number of hydrogen-bond acceptors (Lipinski definition) is 5. The molecule has 0 bridgehead atoms. The zero-order valence-electron chi connectivity index (χ0n) is 15.5. The molecule has 6 heteroatoms. The maximum Gasteiger partial charge on any atom is 0.223 e. The second-order valence-electron chi connectivity index (χ2n) is 8.22. The molecule has 3 heterocycles. The molecule has 4 rings (SSSR count). The lowest BCUT2D eigenvalue weighted by atomic mass is 9.93. The second-order valence-corrected chi connectivity index (χ2v) is 8.22. The number of carbonyl (C=O) groups excluding carboxylic acids is 1. The summed E-state index contributed by atoms with van der Waals surface area (Å²) >= 11 is 0. The van der Waals surface area contributed by atoms with Gasteiger partial charge in [0, 0.05) is 39.4 Å². The van der Waals surface area contributed by atoms with Crippen molar-refractivity contribution in [2.75, 3.05) is 32.7 Å². The molecule has 1 saturated carbocycles.